The number of aliphatic hydroxyl groups excluding tert-OH is 1. The van der Waals surface area contributed by atoms with E-state index < -0.39 is 5.95 Å². The molecule has 12 heavy (non-hydrogen) atoms. The molecule has 0 spiro atoms. The summed E-state index contributed by atoms with van der Waals surface area (Å²) >= 11 is 5.54. The zero-order valence-corrected chi connectivity index (χ0v) is 6.77. The quantitative estimate of drug-likeness (QED) is 0.487. The van der Waals surface area contributed by atoms with Gasteiger partial charge in [-0.15, -0.1) is 0 Å². The predicted molar refractivity (Wildman–Crippen MR) is 43.2 cm³/mol. The average molecular weight is 186 g/mol. The Morgan fingerprint density at radius 3 is 3.08 bits per heavy atom. The molecule has 0 bridgehead atoms. The van der Waals surface area contributed by atoms with Crippen molar-refractivity contribution in [3.8, 4) is 11.8 Å². The van der Waals surface area contributed by atoms with E-state index in [1.54, 1.807) is 0 Å². The van der Waals surface area contributed by atoms with Gasteiger partial charge in [-0.05, 0) is 6.07 Å². The molecule has 0 aliphatic rings. The van der Waals surface area contributed by atoms with Gasteiger partial charge in [-0.1, -0.05) is 23.4 Å². The second kappa shape index (κ2) is 4.05. The van der Waals surface area contributed by atoms with Gasteiger partial charge in [-0.25, -0.2) is 4.98 Å². The molecule has 0 unspecified atom stereocenters. The summed E-state index contributed by atoms with van der Waals surface area (Å²) in [6.45, 7) is -0.314. The molecule has 1 N–H and O–H groups in total. The van der Waals surface area contributed by atoms with Crippen molar-refractivity contribution in [1.29, 1.82) is 0 Å². The van der Waals surface area contributed by atoms with Gasteiger partial charge in [0.1, 0.15) is 6.61 Å². The number of hydrogen-bond acceptors (Lipinski definition) is 2. The normalized spacial score (nSPS) is 8.92. The van der Waals surface area contributed by atoms with E-state index >= 15 is 0 Å². The monoisotopic (exact) mass is 185 g/mol. The van der Waals surface area contributed by atoms with Crippen molar-refractivity contribution >= 4 is 11.6 Å². The Kier molecular flexibility index (Phi) is 3.03. The van der Waals surface area contributed by atoms with E-state index in [0.717, 1.165) is 0 Å². The van der Waals surface area contributed by atoms with Crippen LogP contribution in [-0.2, 0) is 0 Å². The number of aliphatic hydroxyl groups is 1. The van der Waals surface area contributed by atoms with Gasteiger partial charge >= 0.3 is 0 Å². The molecule has 1 heterocycles. The minimum atomic E-state index is -0.680. The minimum Gasteiger partial charge on any atom is -0.384 e. The standard InChI is InChI=1S/C8H5ClFNO/c9-7-4-6(2-1-3-12)8(10)11-5-7/h4-5,12H,3H2. The lowest BCUT2D eigenvalue weighted by molar-refractivity contribution is 0.350. The number of aromatic nitrogens is 1. The van der Waals surface area contributed by atoms with Crippen molar-refractivity contribution in [3.05, 3.63) is 28.8 Å². The number of hydrogen-bond donors (Lipinski definition) is 1. The largest absolute Gasteiger partial charge is 0.384 e. The number of nitrogens with zero attached hydrogens (tertiary/aromatic N) is 1. The first kappa shape index (κ1) is 8.98. The van der Waals surface area contributed by atoms with Crippen LogP contribution in [0.2, 0.25) is 5.02 Å². The summed E-state index contributed by atoms with van der Waals surface area (Å²) in [6.07, 6.45) is 1.20. The molecule has 0 amide bonds. The Hall–Kier alpha value is -1.11. The summed E-state index contributed by atoms with van der Waals surface area (Å²) in [4.78, 5) is 3.35. The highest BCUT2D eigenvalue weighted by atomic mass is 35.5. The van der Waals surface area contributed by atoms with E-state index in [1.807, 2.05) is 0 Å². The van der Waals surface area contributed by atoms with Gasteiger partial charge in [0.2, 0.25) is 5.95 Å². The van der Waals surface area contributed by atoms with Crippen LogP contribution in [0.25, 0.3) is 0 Å². The molecule has 0 saturated carbocycles. The predicted octanol–water partition coefficient (Wildman–Crippen LogP) is 1.22. The molecule has 0 aliphatic carbocycles. The van der Waals surface area contributed by atoms with Crippen molar-refractivity contribution in [2.24, 2.45) is 0 Å². The van der Waals surface area contributed by atoms with Crippen molar-refractivity contribution in [1.82, 2.24) is 4.98 Å². The van der Waals surface area contributed by atoms with Gasteiger partial charge in [0.25, 0.3) is 0 Å². The fraction of sp³-hybridized carbons (Fsp3) is 0.125. The van der Waals surface area contributed by atoms with Crippen LogP contribution in [0.5, 0.6) is 0 Å². The molecule has 0 aromatic carbocycles. The molecule has 62 valence electrons. The summed E-state index contributed by atoms with van der Waals surface area (Å²) < 4.78 is 12.7. The Balaban J connectivity index is 3.05. The fourth-order valence-electron chi connectivity index (χ4n) is 0.645. The lowest BCUT2D eigenvalue weighted by atomic mass is 10.3. The highest BCUT2D eigenvalue weighted by Gasteiger charge is 1.99. The zero-order valence-electron chi connectivity index (χ0n) is 6.01. The maximum atomic E-state index is 12.7. The molecule has 2 nitrogen and oxygen atoms in total. The molecule has 1 rings (SSSR count). The molecule has 0 aliphatic heterocycles. The number of pyridine rings is 1. The van der Waals surface area contributed by atoms with Crippen LogP contribution in [0.1, 0.15) is 5.56 Å². The Morgan fingerprint density at radius 2 is 2.42 bits per heavy atom. The average Bonchev–Trinajstić information content (AvgIpc) is 2.07. The summed E-state index contributed by atoms with van der Waals surface area (Å²) in [5, 5.41) is 8.66. The third kappa shape index (κ3) is 2.19. The Morgan fingerprint density at radius 1 is 1.67 bits per heavy atom. The molecule has 0 atom stereocenters. The highest BCUT2D eigenvalue weighted by molar-refractivity contribution is 6.30. The first-order valence-corrected chi connectivity index (χ1v) is 3.52. The number of halogens is 2. The topological polar surface area (TPSA) is 33.1 Å². The van der Waals surface area contributed by atoms with Crippen LogP contribution < -0.4 is 0 Å². The lowest BCUT2D eigenvalue weighted by Gasteiger charge is -1.92. The molecule has 1 aromatic rings. The van der Waals surface area contributed by atoms with Gasteiger partial charge < -0.3 is 5.11 Å². The van der Waals surface area contributed by atoms with Crippen LogP contribution in [-0.4, -0.2) is 16.7 Å². The smallest absolute Gasteiger partial charge is 0.228 e. The summed E-state index contributed by atoms with van der Waals surface area (Å²) in [5.74, 6) is 4.00. The van der Waals surface area contributed by atoms with Crippen LogP contribution in [0.3, 0.4) is 0 Å². The maximum absolute atomic E-state index is 12.7. The van der Waals surface area contributed by atoms with E-state index in [4.69, 9.17) is 16.7 Å². The van der Waals surface area contributed by atoms with Crippen LogP contribution in [0.15, 0.2) is 12.3 Å². The van der Waals surface area contributed by atoms with Gasteiger partial charge in [0, 0.05) is 6.20 Å². The third-order valence-corrected chi connectivity index (χ3v) is 1.31. The van der Waals surface area contributed by atoms with Crippen molar-refractivity contribution in [2.45, 2.75) is 0 Å². The van der Waals surface area contributed by atoms with E-state index in [0.29, 0.717) is 5.02 Å². The van der Waals surface area contributed by atoms with E-state index in [2.05, 4.69) is 16.8 Å². The van der Waals surface area contributed by atoms with Gasteiger partial charge in [0.15, 0.2) is 0 Å². The molecular weight excluding hydrogens is 181 g/mol. The minimum absolute atomic E-state index is 0.0940. The van der Waals surface area contributed by atoms with Crippen molar-refractivity contribution < 1.29 is 9.50 Å². The van der Waals surface area contributed by atoms with Crippen LogP contribution >= 0.6 is 11.6 Å². The second-order valence-electron chi connectivity index (χ2n) is 1.95. The first-order chi connectivity index (χ1) is 5.74. The molecule has 0 radical (unpaired) electrons. The van der Waals surface area contributed by atoms with Gasteiger partial charge in [-0.2, -0.15) is 4.39 Å². The first-order valence-electron chi connectivity index (χ1n) is 3.15. The SMILES string of the molecule is OCC#Cc1cc(Cl)cnc1F. The van der Waals surface area contributed by atoms with Gasteiger partial charge in [-0.3, -0.25) is 0 Å². The van der Waals surface area contributed by atoms with E-state index in [9.17, 15) is 4.39 Å². The maximum Gasteiger partial charge on any atom is 0.228 e. The molecule has 0 fully saturated rings. The van der Waals surface area contributed by atoms with Crippen molar-refractivity contribution in [2.75, 3.05) is 6.61 Å². The summed E-state index contributed by atoms with van der Waals surface area (Å²) in [6, 6.07) is 1.35. The highest BCUT2D eigenvalue weighted by Crippen LogP contribution is 2.10. The molecule has 1 aromatic heterocycles. The Bertz CT molecular complexity index is 343. The summed E-state index contributed by atoms with van der Waals surface area (Å²) in [5.41, 5.74) is 0.0940. The van der Waals surface area contributed by atoms with Crippen LogP contribution in [0.4, 0.5) is 4.39 Å². The zero-order chi connectivity index (χ0) is 8.97. The summed E-state index contributed by atoms with van der Waals surface area (Å²) in [7, 11) is 0. The molecular formula is C8H5ClFNO. The van der Waals surface area contributed by atoms with Crippen LogP contribution in [0, 0.1) is 17.8 Å². The lowest BCUT2D eigenvalue weighted by Crippen LogP contribution is -1.88. The van der Waals surface area contributed by atoms with Crippen molar-refractivity contribution in [3.63, 3.8) is 0 Å². The molecule has 0 saturated heterocycles. The number of rotatable bonds is 0. The van der Waals surface area contributed by atoms with E-state index in [-0.39, 0.29) is 12.2 Å². The fourth-order valence-corrected chi connectivity index (χ4v) is 0.803. The van der Waals surface area contributed by atoms with Gasteiger partial charge in [0.05, 0.1) is 10.6 Å². The molecule has 4 heteroatoms. The van der Waals surface area contributed by atoms with E-state index in [1.165, 1.54) is 12.3 Å². The Labute approximate surface area is 74.0 Å². The third-order valence-electron chi connectivity index (χ3n) is 1.11. The second-order valence-corrected chi connectivity index (χ2v) is 2.39.